The maximum atomic E-state index is 13.6. The highest BCUT2D eigenvalue weighted by atomic mass is 31.2. The van der Waals surface area contributed by atoms with Crippen LogP contribution in [0.2, 0.25) is 0 Å². The predicted molar refractivity (Wildman–Crippen MR) is 87.1 cm³/mol. The number of nitrogens with one attached hydrogen (secondary N) is 1. The van der Waals surface area contributed by atoms with E-state index >= 15 is 0 Å². The number of nitriles is 2. The Labute approximate surface area is 140 Å². The fraction of sp³-hybridized carbons (Fsp3) is 0.438. The van der Waals surface area contributed by atoms with Crippen LogP contribution < -0.4 is 5.32 Å². The van der Waals surface area contributed by atoms with Gasteiger partial charge in [-0.15, -0.1) is 0 Å². The Balaban J connectivity index is 2.89. The number of para-hydroxylation sites is 1. The van der Waals surface area contributed by atoms with Gasteiger partial charge in [0.2, 0.25) is 11.1 Å². The second-order valence-electron chi connectivity index (χ2n) is 5.24. The topological polar surface area (TPSA) is 112 Å². The minimum atomic E-state index is -4.15. The van der Waals surface area contributed by atoms with E-state index in [1.807, 2.05) is 0 Å². The first-order chi connectivity index (χ1) is 11.4. The van der Waals surface area contributed by atoms with E-state index in [9.17, 15) is 19.9 Å². The fourth-order valence-electron chi connectivity index (χ4n) is 3.00. The van der Waals surface area contributed by atoms with Crippen molar-refractivity contribution in [3.63, 3.8) is 0 Å². The normalized spacial score (nSPS) is 19.5. The van der Waals surface area contributed by atoms with Crippen LogP contribution in [0, 0.1) is 35.5 Å². The van der Waals surface area contributed by atoms with Crippen LogP contribution in [0.5, 0.6) is 0 Å². The maximum absolute atomic E-state index is 13.6. The molecule has 2 rings (SSSR count). The SMILES string of the molecule is CCOP(=O)(OCC)[C@]1(C(C#N)C#N)C(=O)Nc2c(C)cccc21. The van der Waals surface area contributed by atoms with Crippen molar-refractivity contribution in [2.24, 2.45) is 5.92 Å². The predicted octanol–water partition coefficient (Wildman–Crippen LogP) is 3.07. The number of fused-ring (bicyclic) bond motifs is 1. The summed E-state index contributed by atoms with van der Waals surface area (Å²) in [7, 11) is -4.15. The quantitative estimate of drug-likeness (QED) is 0.791. The van der Waals surface area contributed by atoms with E-state index in [1.54, 1.807) is 51.1 Å². The van der Waals surface area contributed by atoms with Crippen molar-refractivity contribution < 1.29 is 18.4 Å². The Kier molecular flexibility index (Phi) is 5.11. The minimum absolute atomic E-state index is 0.0109. The van der Waals surface area contributed by atoms with Gasteiger partial charge >= 0.3 is 7.60 Å². The zero-order chi connectivity index (χ0) is 18.0. The third kappa shape index (κ3) is 2.34. The third-order valence-electron chi connectivity index (χ3n) is 3.97. The molecular weight excluding hydrogens is 329 g/mol. The van der Waals surface area contributed by atoms with E-state index in [4.69, 9.17) is 9.05 Å². The first-order valence-corrected chi connectivity index (χ1v) is 9.07. The smallest absolute Gasteiger partial charge is 0.324 e. The highest BCUT2D eigenvalue weighted by molar-refractivity contribution is 7.56. The second kappa shape index (κ2) is 6.75. The molecule has 1 aromatic rings. The highest BCUT2D eigenvalue weighted by Gasteiger charge is 2.67. The molecule has 1 aromatic carbocycles. The van der Waals surface area contributed by atoms with Crippen LogP contribution in [0.15, 0.2) is 18.2 Å². The first kappa shape index (κ1) is 18.2. The van der Waals surface area contributed by atoms with Crippen LogP contribution >= 0.6 is 7.60 Å². The molecule has 0 unspecified atom stereocenters. The summed E-state index contributed by atoms with van der Waals surface area (Å²) in [5.74, 6) is -2.24. The lowest BCUT2D eigenvalue weighted by molar-refractivity contribution is -0.119. The number of rotatable bonds is 6. The molecule has 0 aromatic heterocycles. The second-order valence-corrected chi connectivity index (χ2v) is 7.46. The number of nitrogens with zero attached hydrogens (tertiary/aromatic N) is 2. The van der Waals surface area contributed by atoms with E-state index < -0.39 is 24.6 Å². The van der Waals surface area contributed by atoms with Gasteiger partial charge in [-0.2, -0.15) is 10.5 Å². The molecule has 7 nitrogen and oxygen atoms in total. The average molecular weight is 347 g/mol. The van der Waals surface area contributed by atoms with Crippen LogP contribution in [0.25, 0.3) is 0 Å². The largest absolute Gasteiger partial charge is 0.353 e. The van der Waals surface area contributed by atoms with Gasteiger partial charge in [0.25, 0.3) is 0 Å². The van der Waals surface area contributed by atoms with Gasteiger partial charge in [0, 0.05) is 11.3 Å². The summed E-state index contributed by atoms with van der Waals surface area (Å²) in [5.41, 5.74) is 1.47. The van der Waals surface area contributed by atoms with Gasteiger partial charge in [-0.25, -0.2) is 0 Å². The summed E-state index contributed by atoms with van der Waals surface area (Å²) in [6.07, 6.45) is 0. The zero-order valence-corrected chi connectivity index (χ0v) is 14.6. The van der Waals surface area contributed by atoms with E-state index in [0.29, 0.717) is 11.3 Å². The molecule has 0 bridgehead atoms. The van der Waals surface area contributed by atoms with Crippen LogP contribution in [0.3, 0.4) is 0 Å². The molecule has 1 heterocycles. The minimum Gasteiger partial charge on any atom is -0.324 e. The Morgan fingerprint density at radius 2 is 1.83 bits per heavy atom. The molecule has 1 aliphatic rings. The number of amides is 1. The van der Waals surface area contributed by atoms with E-state index in [1.165, 1.54) is 0 Å². The summed E-state index contributed by atoms with van der Waals surface area (Å²) in [6.45, 7) is 5.01. The van der Waals surface area contributed by atoms with Crippen LogP contribution in [0.1, 0.15) is 25.0 Å². The Morgan fingerprint density at radius 1 is 1.25 bits per heavy atom. The number of anilines is 1. The van der Waals surface area contributed by atoms with Crippen LogP contribution in [0.4, 0.5) is 5.69 Å². The van der Waals surface area contributed by atoms with Crippen molar-refractivity contribution in [2.45, 2.75) is 25.9 Å². The molecule has 8 heteroatoms. The molecule has 24 heavy (non-hydrogen) atoms. The molecular formula is C16H18N3O4P. The summed E-state index contributed by atoms with van der Waals surface area (Å²) < 4.78 is 24.3. The van der Waals surface area contributed by atoms with Gasteiger partial charge in [0.05, 0.1) is 25.4 Å². The van der Waals surface area contributed by atoms with E-state index in [-0.39, 0.29) is 13.2 Å². The summed E-state index contributed by atoms with van der Waals surface area (Å²) in [6, 6.07) is 8.61. The number of hydrogen-bond donors (Lipinski definition) is 1. The van der Waals surface area contributed by atoms with Crippen molar-refractivity contribution >= 4 is 19.2 Å². The van der Waals surface area contributed by atoms with Gasteiger partial charge in [-0.05, 0) is 26.3 Å². The number of carbonyl (C=O) groups is 1. The lowest BCUT2D eigenvalue weighted by Crippen LogP contribution is -2.42. The van der Waals surface area contributed by atoms with Gasteiger partial charge in [-0.1, -0.05) is 18.2 Å². The first-order valence-electron chi connectivity index (χ1n) is 7.52. The Bertz CT molecular complexity index is 771. The molecule has 1 N–H and O–H groups in total. The number of aryl methyl sites for hydroxylation is 1. The summed E-state index contributed by atoms with van der Waals surface area (Å²) in [4.78, 5) is 12.9. The van der Waals surface area contributed by atoms with Crippen molar-refractivity contribution in [3.8, 4) is 12.1 Å². The monoisotopic (exact) mass is 347 g/mol. The Hall–Kier alpha value is -2.18. The van der Waals surface area contributed by atoms with Gasteiger partial charge in [0.1, 0.15) is 0 Å². The number of benzene rings is 1. The van der Waals surface area contributed by atoms with Gasteiger partial charge < -0.3 is 14.4 Å². The molecule has 1 amide bonds. The van der Waals surface area contributed by atoms with E-state index in [0.717, 1.165) is 5.56 Å². The zero-order valence-electron chi connectivity index (χ0n) is 13.7. The molecule has 1 aliphatic heterocycles. The molecule has 0 aliphatic carbocycles. The van der Waals surface area contributed by atoms with Crippen LogP contribution in [-0.4, -0.2) is 19.1 Å². The lowest BCUT2D eigenvalue weighted by atomic mass is 9.87. The number of carbonyl (C=O) groups excluding carboxylic acids is 1. The van der Waals surface area contributed by atoms with Crippen LogP contribution in [-0.2, 0) is 23.6 Å². The lowest BCUT2D eigenvalue weighted by Gasteiger charge is -2.34. The molecule has 0 spiro atoms. The molecule has 0 radical (unpaired) electrons. The van der Waals surface area contributed by atoms with Crippen molar-refractivity contribution in [3.05, 3.63) is 29.3 Å². The summed E-state index contributed by atoms with van der Waals surface area (Å²) >= 11 is 0. The third-order valence-corrected chi connectivity index (χ3v) is 6.74. The summed E-state index contributed by atoms with van der Waals surface area (Å²) in [5, 5.41) is 19.6. The average Bonchev–Trinajstić information content (AvgIpc) is 2.85. The maximum Gasteiger partial charge on any atom is 0.353 e. The Morgan fingerprint density at radius 3 is 2.33 bits per heavy atom. The molecule has 0 saturated carbocycles. The number of hydrogen-bond acceptors (Lipinski definition) is 6. The molecule has 1 atom stereocenters. The van der Waals surface area contributed by atoms with Crippen molar-refractivity contribution in [2.75, 3.05) is 18.5 Å². The molecule has 0 saturated heterocycles. The van der Waals surface area contributed by atoms with Gasteiger partial charge in [0.15, 0.2) is 5.92 Å². The van der Waals surface area contributed by atoms with Gasteiger partial charge in [-0.3, -0.25) is 9.36 Å². The fourth-order valence-corrected chi connectivity index (χ4v) is 5.37. The molecule has 126 valence electrons. The van der Waals surface area contributed by atoms with Crippen molar-refractivity contribution in [1.82, 2.24) is 0 Å². The molecule has 0 fully saturated rings. The van der Waals surface area contributed by atoms with Crippen molar-refractivity contribution in [1.29, 1.82) is 10.5 Å². The van der Waals surface area contributed by atoms with E-state index in [2.05, 4.69) is 5.32 Å². The standard InChI is InChI=1S/C16H18N3O4P/c1-4-22-24(21,23-5-2)16(12(9-17)10-18)13-8-6-7-11(3)14(13)19-15(16)20/h6-8,12H,4-5H2,1-3H3,(H,19,20)/t16-/m0/s1. The highest BCUT2D eigenvalue weighted by Crippen LogP contribution is 2.71.